The molecule has 1 heterocycles. The van der Waals surface area contributed by atoms with Gasteiger partial charge in [0, 0.05) is 18.7 Å². The second-order valence-corrected chi connectivity index (χ2v) is 3.39. The minimum absolute atomic E-state index is 0. The number of hydrogen-bond donors (Lipinski definition) is 2. The van der Waals surface area contributed by atoms with Crippen LogP contribution in [0.4, 0.5) is 5.82 Å². The van der Waals surface area contributed by atoms with Gasteiger partial charge in [-0.2, -0.15) is 0 Å². The van der Waals surface area contributed by atoms with E-state index in [9.17, 15) is 0 Å². The number of anilines is 1. The number of nitrogens with zero attached hydrogens (tertiary/aromatic N) is 2. The first-order chi connectivity index (χ1) is 7.90. The Bertz CT molecular complexity index is 434. The number of aromatic nitrogens is 2. The first-order valence-corrected chi connectivity index (χ1v) is 5.23. The topological polar surface area (TPSA) is 63.8 Å². The van der Waals surface area contributed by atoms with Crippen LogP contribution in [0.5, 0.6) is 0 Å². The minimum atomic E-state index is 0. The van der Waals surface area contributed by atoms with Gasteiger partial charge >= 0.3 is 0 Å². The molecular formula is C12H16Cl2N4. The summed E-state index contributed by atoms with van der Waals surface area (Å²) in [5, 5.41) is 11.3. The van der Waals surface area contributed by atoms with Crippen LogP contribution >= 0.6 is 24.8 Å². The van der Waals surface area contributed by atoms with Gasteiger partial charge in [-0.3, -0.25) is 0 Å². The van der Waals surface area contributed by atoms with Crippen LogP contribution in [0, 0.1) is 0 Å². The molecule has 1 aromatic heterocycles. The average molecular weight is 287 g/mol. The lowest BCUT2D eigenvalue weighted by Crippen LogP contribution is -2.14. The van der Waals surface area contributed by atoms with E-state index in [0.29, 0.717) is 13.1 Å². The number of nitrogens with one attached hydrogen (secondary N) is 1. The Labute approximate surface area is 119 Å². The van der Waals surface area contributed by atoms with Gasteiger partial charge in [0.1, 0.15) is 5.82 Å². The van der Waals surface area contributed by atoms with Crippen LogP contribution < -0.4 is 11.1 Å². The molecule has 0 unspecified atom stereocenters. The fraction of sp³-hybridized carbons (Fsp3) is 0.167. The lowest BCUT2D eigenvalue weighted by atomic mass is 10.1. The van der Waals surface area contributed by atoms with Gasteiger partial charge < -0.3 is 11.1 Å². The number of nitrogens with two attached hydrogens (primary N) is 1. The molecule has 0 aliphatic carbocycles. The molecule has 0 saturated heterocycles. The smallest absolute Gasteiger partial charge is 0.148 e. The highest BCUT2D eigenvalue weighted by molar-refractivity contribution is 5.85. The Morgan fingerprint density at radius 3 is 2.22 bits per heavy atom. The number of hydrogen-bond acceptors (Lipinski definition) is 4. The first-order valence-electron chi connectivity index (χ1n) is 5.23. The molecule has 0 spiro atoms. The maximum atomic E-state index is 5.39. The van der Waals surface area contributed by atoms with Gasteiger partial charge in [-0.15, -0.1) is 35.0 Å². The summed E-state index contributed by atoms with van der Waals surface area (Å²) in [6.45, 7) is 1.29. The Morgan fingerprint density at radius 2 is 1.67 bits per heavy atom. The van der Waals surface area contributed by atoms with Crippen LogP contribution in [0.15, 0.2) is 42.5 Å². The SMILES string of the molecule is Cl.Cl.NCCNc1ccc(-c2ccccc2)nn1. The van der Waals surface area contributed by atoms with Crippen molar-refractivity contribution in [2.75, 3.05) is 18.4 Å². The summed E-state index contributed by atoms with van der Waals surface area (Å²) < 4.78 is 0. The predicted octanol–water partition coefficient (Wildman–Crippen LogP) is 2.36. The second kappa shape index (κ2) is 8.69. The van der Waals surface area contributed by atoms with E-state index in [1.165, 1.54) is 0 Å². The molecule has 2 aromatic rings. The fourth-order valence-electron chi connectivity index (χ4n) is 1.39. The van der Waals surface area contributed by atoms with Crippen molar-refractivity contribution in [2.24, 2.45) is 5.73 Å². The van der Waals surface area contributed by atoms with E-state index in [1.807, 2.05) is 42.5 Å². The summed E-state index contributed by atoms with van der Waals surface area (Å²) in [7, 11) is 0. The molecule has 0 saturated carbocycles. The van der Waals surface area contributed by atoms with Crippen LogP contribution in [0.25, 0.3) is 11.3 Å². The highest BCUT2D eigenvalue weighted by Crippen LogP contribution is 2.15. The summed E-state index contributed by atoms with van der Waals surface area (Å²) in [5.41, 5.74) is 7.33. The third kappa shape index (κ3) is 4.49. The highest BCUT2D eigenvalue weighted by atomic mass is 35.5. The van der Waals surface area contributed by atoms with Crippen LogP contribution in [0.1, 0.15) is 0 Å². The van der Waals surface area contributed by atoms with Gasteiger partial charge in [0.05, 0.1) is 5.69 Å². The van der Waals surface area contributed by atoms with E-state index < -0.39 is 0 Å². The van der Waals surface area contributed by atoms with Crippen molar-refractivity contribution >= 4 is 30.6 Å². The average Bonchev–Trinajstić information content (AvgIpc) is 2.38. The molecule has 1 aromatic carbocycles. The first kappa shape index (κ1) is 16.6. The molecule has 0 amide bonds. The van der Waals surface area contributed by atoms with Gasteiger partial charge in [-0.05, 0) is 12.1 Å². The van der Waals surface area contributed by atoms with E-state index in [4.69, 9.17) is 5.73 Å². The lowest BCUT2D eigenvalue weighted by molar-refractivity contribution is 0.974. The maximum absolute atomic E-state index is 5.39. The van der Waals surface area contributed by atoms with Gasteiger partial charge in [0.2, 0.25) is 0 Å². The Morgan fingerprint density at radius 1 is 0.944 bits per heavy atom. The Kier molecular flexibility index (Phi) is 8.03. The van der Waals surface area contributed by atoms with Crippen molar-refractivity contribution in [3.63, 3.8) is 0 Å². The molecule has 0 aliphatic rings. The zero-order chi connectivity index (χ0) is 11.2. The monoisotopic (exact) mass is 286 g/mol. The zero-order valence-corrected chi connectivity index (χ0v) is 11.4. The third-order valence-electron chi connectivity index (χ3n) is 2.18. The van der Waals surface area contributed by atoms with E-state index in [-0.39, 0.29) is 24.8 Å². The summed E-state index contributed by atoms with van der Waals surface area (Å²) in [6, 6.07) is 13.8. The molecular weight excluding hydrogens is 271 g/mol. The van der Waals surface area contributed by atoms with E-state index in [1.54, 1.807) is 0 Å². The number of halogens is 2. The van der Waals surface area contributed by atoms with Crippen molar-refractivity contribution in [3.8, 4) is 11.3 Å². The van der Waals surface area contributed by atoms with Crippen LogP contribution in [0.2, 0.25) is 0 Å². The Hall–Kier alpha value is -1.36. The summed E-state index contributed by atoms with van der Waals surface area (Å²) in [6.07, 6.45) is 0. The van der Waals surface area contributed by atoms with Crippen LogP contribution in [-0.2, 0) is 0 Å². The molecule has 98 valence electrons. The standard InChI is InChI=1S/C12H14N4.2ClH/c13-8-9-14-12-7-6-11(15-16-12)10-4-2-1-3-5-10;;/h1-7H,8-9,13H2,(H,14,16);2*1H. The largest absolute Gasteiger partial charge is 0.367 e. The molecule has 6 heteroatoms. The highest BCUT2D eigenvalue weighted by Gasteiger charge is 1.99. The molecule has 4 nitrogen and oxygen atoms in total. The molecule has 2 rings (SSSR count). The normalized spacial score (nSPS) is 8.94. The van der Waals surface area contributed by atoms with Crippen molar-refractivity contribution in [2.45, 2.75) is 0 Å². The van der Waals surface area contributed by atoms with E-state index in [0.717, 1.165) is 17.1 Å². The summed E-state index contributed by atoms with van der Waals surface area (Å²) in [4.78, 5) is 0. The predicted molar refractivity (Wildman–Crippen MR) is 79.5 cm³/mol. The second-order valence-electron chi connectivity index (χ2n) is 3.39. The number of benzene rings is 1. The molecule has 0 atom stereocenters. The molecule has 0 radical (unpaired) electrons. The Balaban J connectivity index is 0.00000144. The van der Waals surface area contributed by atoms with Crippen molar-refractivity contribution in [1.82, 2.24) is 10.2 Å². The summed E-state index contributed by atoms with van der Waals surface area (Å²) in [5.74, 6) is 0.755. The van der Waals surface area contributed by atoms with Crippen LogP contribution in [-0.4, -0.2) is 23.3 Å². The molecule has 0 fully saturated rings. The molecule has 3 N–H and O–H groups in total. The quantitative estimate of drug-likeness (QED) is 0.906. The summed E-state index contributed by atoms with van der Waals surface area (Å²) >= 11 is 0. The molecule has 0 aliphatic heterocycles. The van der Waals surface area contributed by atoms with Crippen molar-refractivity contribution in [1.29, 1.82) is 0 Å². The van der Waals surface area contributed by atoms with Crippen LogP contribution in [0.3, 0.4) is 0 Å². The van der Waals surface area contributed by atoms with Gasteiger partial charge in [0.15, 0.2) is 0 Å². The zero-order valence-electron chi connectivity index (χ0n) is 9.74. The van der Waals surface area contributed by atoms with Crippen molar-refractivity contribution < 1.29 is 0 Å². The van der Waals surface area contributed by atoms with Gasteiger partial charge in [0.25, 0.3) is 0 Å². The third-order valence-corrected chi connectivity index (χ3v) is 2.18. The molecule has 18 heavy (non-hydrogen) atoms. The van der Waals surface area contributed by atoms with E-state index in [2.05, 4.69) is 15.5 Å². The minimum Gasteiger partial charge on any atom is -0.367 e. The van der Waals surface area contributed by atoms with Gasteiger partial charge in [-0.25, -0.2) is 0 Å². The van der Waals surface area contributed by atoms with E-state index >= 15 is 0 Å². The van der Waals surface area contributed by atoms with Gasteiger partial charge in [-0.1, -0.05) is 30.3 Å². The molecule has 0 bridgehead atoms. The number of rotatable bonds is 4. The fourth-order valence-corrected chi connectivity index (χ4v) is 1.39. The maximum Gasteiger partial charge on any atom is 0.148 e. The lowest BCUT2D eigenvalue weighted by Gasteiger charge is -2.03. The van der Waals surface area contributed by atoms with Crippen molar-refractivity contribution in [3.05, 3.63) is 42.5 Å².